The van der Waals surface area contributed by atoms with Crippen molar-refractivity contribution in [3.05, 3.63) is 28.8 Å². The number of morpholine rings is 1. The van der Waals surface area contributed by atoms with E-state index in [-0.39, 0.29) is 17.3 Å². The molecular weight excluding hydrogens is 316 g/mol. The van der Waals surface area contributed by atoms with E-state index in [0.29, 0.717) is 36.9 Å². The molecule has 1 N–H and O–H groups in total. The Bertz CT molecular complexity index is 627. The molecule has 1 aromatic rings. The van der Waals surface area contributed by atoms with E-state index in [1.807, 2.05) is 0 Å². The lowest BCUT2D eigenvalue weighted by Crippen LogP contribution is -2.45. The third-order valence-electron chi connectivity index (χ3n) is 3.22. The molecule has 0 saturated carbocycles. The van der Waals surface area contributed by atoms with Gasteiger partial charge in [-0.05, 0) is 30.7 Å². The maximum atomic E-state index is 12.1. The van der Waals surface area contributed by atoms with Gasteiger partial charge in [-0.2, -0.15) is 0 Å². The fraction of sp³-hybridized carbons (Fsp3) is 0.462. The minimum Gasteiger partial charge on any atom is -0.378 e. The monoisotopic (exact) mass is 332 g/mol. The molecule has 0 aromatic heterocycles. The molecule has 0 aliphatic carbocycles. The van der Waals surface area contributed by atoms with E-state index < -0.39 is 10.0 Å². The summed E-state index contributed by atoms with van der Waals surface area (Å²) in [5, 5.41) is 0.498. The quantitative estimate of drug-likeness (QED) is 0.884. The third kappa shape index (κ3) is 4.16. The van der Waals surface area contributed by atoms with Crippen molar-refractivity contribution in [1.82, 2.24) is 9.62 Å². The second kappa shape index (κ2) is 6.74. The number of carbonyl (C=O) groups is 1. The summed E-state index contributed by atoms with van der Waals surface area (Å²) in [6.07, 6.45) is 0. The number of ether oxygens (including phenoxy) is 1. The van der Waals surface area contributed by atoms with Crippen molar-refractivity contribution < 1.29 is 17.9 Å². The van der Waals surface area contributed by atoms with Gasteiger partial charge in [-0.1, -0.05) is 11.6 Å². The summed E-state index contributed by atoms with van der Waals surface area (Å²) in [4.78, 5) is 13.6. The lowest BCUT2D eigenvalue weighted by atomic mass is 10.2. The van der Waals surface area contributed by atoms with Crippen LogP contribution < -0.4 is 4.72 Å². The van der Waals surface area contributed by atoms with Crippen LogP contribution in [0.2, 0.25) is 5.02 Å². The van der Waals surface area contributed by atoms with Gasteiger partial charge in [0.2, 0.25) is 15.9 Å². The number of benzene rings is 1. The molecular formula is C13H17ClN2O4S. The molecule has 0 unspecified atom stereocenters. The van der Waals surface area contributed by atoms with Crippen molar-refractivity contribution in [2.24, 2.45) is 0 Å². The molecule has 2 rings (SSSR count). The maximum absolute atomic E-state index is 12.1. The van der Waals surface area contributed by atoms with Crippen LogP contribution in [-0.4, -0.2) is 52.1 Å². The van der Waals surface area contributed by atoms with Gasteiger partial charge in [0.25, 0.3) is 0 Å². The molecule has 21 heavy (non-hydrogen) atoms. The largest absolute Gasteiger partial charge is 0.378 e. The molecule has 1 heterocycles. The van der Waals surface area contributed by atoms with E-state index in [0.717, 1.165) is 0 Å². The van der Waals surface area contributed by atoms with Crippen LogP contribution in [0.5, 0.6) is 0 Å². The highest BCUT2D eigenvalue weighted by molar-refractivity contribution is 7.89. The van der Waals surface area contributed by atoms with Crippen LogP contribution in [0.25, 0.3) is 0 Å². The zero-order valence-corrected chi connectivity index (χ0v) is 13.2. The van der Waals surface area contributed by atoms with Crippen molar-refractivity contribution in [2.75, 3.05) is 32.8 Å². The molecule has 8 heteroatoms. The average Bonchev–Trinajstić information content (AvgIpc) is 2.48. The number of sulfonamides is 1. The fourth-order valence-corrected chi connectivity index (χ4v) is 3.13. The van der Waals surface area contributed by atoms with Crippen LogP contribution in [0.15, 0.2) is 23.1 Å². The Kier molecular flexibility index (Phi) is 5.21. The first kappa shape index (κ1) is 16.2. The number of amides is 1. The molecule has 0 spiro atoms. The zero-order valence-electron chi connectivity index (χ0n) is 11.6. The molecule has 1 aromatic carbocycles. The number of nitrogens with one attached hydrogen (secondary N) is 1. The molecule has 1 amide bonds. The molecule has 0 atom stereocenters. The summed E-state index contributed by atoms with van der Waals surface area (Å²) in [5.74, 6) is -0.257. The number of carbonyl (C=O) groups excluding carboxylic acids is 1. The Morgan fingerprint density at radius 1 is 1.38 bits per heavy atom. The molecule has 0 radical (unpaired) electrons. The van der Waals surface area contributed by atoms with Gasteiger partial charge < -0.3 is 9.64 Å². The molecule has 1 aliphatic rings. The summed E-state index contributed by atoms with van der Waals surface area (Å²) in [7, 11) is -3.72. The van der Waals surface area contributed by atoms with Crippen molar-refractivity contribution in [3.63, 3.8) is 0 Å². The first-order valence-electron chi connectivity index (χ1n) is 6.51. The van der Waals surface area contributed by atoms with Crippen LogP contribution >= 0.6 is 11.6 Å². The second-order valence-electron chi connectivity index (χ2n) is 4.73. The maximum Gasteiger partial charge on any atom is 0.241 e. The predicted molar refractivity (Wildman–Crippen MR) is 78.8 cm³/mol. The Balaban J connectivity index is 2.00. The standard InChI is InChI=1S/C13H17ClN2O4S/c1-10-8-11(2-3-12(10)14)21(18,19)15-9-13(17)16-4-6-20-7-5-16/h2-3,8,15H,4-7,9H2,1H3. The highest BCUT2D eigenvalue weighted by Crippen LogP contribution is 2.19. The van der Waals surface area contributed by atoms with Gasteiger partial charge in [0.05, 0.1) is 24.7 Å². The van der Waals surface area contributed by atoms with Crippen molar-refractivity contribution in [3.8, 4) is 0 Å². The molecule has 1 saturated heterocycles. The van der Waals surface area contributed by atoms with E-state index in [2.05, 4.69) is 4.72 Å². The number of hydrogen-bond donors (Lipinski definition) is 1. The molecule has 1 aliphatic heterocycles. The first-order valence-corrected chi connectivity index (χ1v) is 8.37. The van der Waals surface area contributed by atoms with Gasteiger partial charge in [-0.3, -0.25) is 4.79 Å². The van der Waals surface area contributed by atoms with Gasteiger partial charge in [0, 0.05) is 18.1 Å². The lowest BCUT2D eigenvalue weighted by Gasteiger charge is -2.26. The van der Waals surface area contributed by atoms with Crippen LogP contribution in [-0.2, 0) is 19.6 Å². The van der Waals surface area contributed by atoms with Crippen molar-refractivity contribution in [1.29, 1.82) is 0 Å². The Morgan fingerprint density at radius 2 is 2.05 bits per heavy atom. The predicted octanol–water partition coefficient (Wildman–Crippen LogP) is 0.786. The van der Waals surface area contributed by atoms with Crippen LogP contribution in [0, 0.1) is 6.92 Å². The second-order valence-corrected chi connectivity index (χ2v) is 6.90. The van der Waals surface area contributed by atoms with Crippen LogP contribution in [0.1, 0.15) is 5.56 Å². The van der Waals surface area contributed by atoms with E-state index >= 15 is 0 Å². The highest BCUT2D eigenvalue weighted by atomic mass is 35.5. The van der Waals surface area contributed by atoms with E-state index in [9.17, 15) is 13.2 Å². The van der Waals surface area contributed by atoms with Crippen molar-refractivity contribution in [2.45, 2.75) is 11.8 Å². The molecule has 116 valence electrons. The summed E-state index contributed by atoms with van der Waals surface area (Å²) >= 11 is 5.87. The van der Waals surface area contributed by atoms with E-state index in [1.54, 1.807) is 11.8 Å². The fourth-order valence-electron chi connectivity index (χ4n) is 1.95. The Hall–Kier alpha value is -1.15. The Morgan fingerprint density at radius 3 is 2.67 bits per heavy atom. The summed E-state index contributed by atoms with van der Waals surface area (Å²) in [6.45, 7) is 3.40. The summed E-state index contributed by atoms with van der Waals surface area (Å²) in [5.41, 5.74) is 0.666. The third-order valence-corrected chi connectivity index (χ3v) is 5.04. The van der Waals surface area contributed by atoms with Crippen molar-refractivity contribution >= 4 is 27.5 Å². The smallest absolute Gasteiger partial charge is 0.241 e. The number of nitrogens with zero attached hydrogens (tertiary/aromatic N) is 1. The van der Waals surface area contributed by atoms with E-state index in [1.165, 1.54) is 18.2 Å². The van der Waals surface area contributed by atoms with E-state index in [4.69, 9.17) is 16.3 Å². The SMILES string of the molecule is Cc1cc(S(=O)(=O)NCC(=O)N2CCOCC2)ccc1Cl. The van der Waals surface area contributed by atoms with Gasteiger partial charge >= 0.3 is 0 Å². The number of hydrogen-bond acceptors (Lipinski definition) is 4. The lowest BCUT2D eigenvalue weighted by molar-refractivity contribution is -0.133. The van der Waals surface area contributed by atoms with Crippen LogP contribution in [0.4, 0.5) is 0 Å². The minimum absolute atomic E-state index is 0.0965. The van der Waals surface area contributed by atoms with Gasteiger partial charge in [0.15, 0.2) is 0 Å². The number of aryl methyl sites for hydroxylation is 1. The molecule has 1 fully saturated rings. The van der Waals surface area contributed by atoms with Crippen LogP contribution in [0.3, 0.4) is 0 Å². The minimum atomic E-state index is -3.72. The normalized spacial score (nSPS) is 16.0. The van der Waals surface area contributed by atoms with Gasteiger partial charge in [0.1, 0.15) is 0 Å². The number of halogens is 1. The molecule has 0 bridgehead atoms. The zero-order chi connectivity index (χ0) is 15.5. The number of rotatable bonds is 4. The van der Waals surface area contributed by atoms with Gasteiger partial charge in [-0.25, -0.2) is 13.1 Å². The molecule has 6 nitrogen and oxygen atoms in total. The summed E-state index contributed by atoms with van der Waals surface area (Å²) < 4.78 is 31.7. The average molecular weight is 333 g/mol. The highest BCUT2D eigenvalue weighted by Gasteiger charge is 2.20. The summed E-state index contributed by atoms with van der Waals surface area (Å²) in [6, 6.07) is 4.41. The first-order chi connectivity index (χ1) is 9.90. The van der Waals surface area contributed by atoms with Gasteiger partial charge in [-0.15, -0.1) is 0 Å². The topological polar surface area (TPSA) is 75.7 Å². The Labute approximate surface area is 129 Å².